The molecule has 4 aliphatic heterocycles. The maximum absolute atomic E-state index is 15.6. The zero-order valence-corrected chi connectivity index (χ0v) is 52.7. The van der Waals surface area contributed by atoms with Gasteiger partial charge in [0, 0.05) is 86.5 Å². The van der Waals surface area contributed by atoms with Crippen LogP contribution in [0.3, 0.4) is 0 Å². The number of carbonyl (C=O) groups excluding carboxylic acids is 3. The minimum Gasteiger partial charge on any atom is -0.493 e. The van der Waals surface area contributed by atoms with Gasteiger partial charge in [-0.3, -0.25) is 24.4 Å². The topological polar surface area (TPSA) is 155 Å². The number of ketones is 1. The molecule has 15 nitrogen and oxygen atoms in total. The van der Waals surface area contributed by atoms with Crippen molar-refractivity contribution in [2.45, 2.75) is 148 Å². The number of hydrogen-bond donors (Lipinski definition) is 1. The number of anilines is 2. The predicted molar refractivity (Wildman–Crippen MR) is 340 cm³/mol. The summed E-state index contributed by atoms with van der Waals surface area (Å²) in [5.74, 6) is 1.71. The van der Waals surface area contributed by atoms with Crippen molar-refractivity contribution in [2.24, 2.45) is 4.99 Å². The van der Waals surface area contributed by atoms with Gasteiger partial charge in [-0.15, -0.1) is 0 Å². The maximum atomic E-state index is 15.6. The quantitative estimate of drug-likeness (QED) is 0.0775. The number of benzene rings is 4. The van der Waals surface area contributed by atoms with Crippen LogP contribution in [0, 0.1) is 5.82 Å². The van der Waals surface area contributed by atoms with Gasteiger partial charge >= 0.3 is 6.03 Å². The second-order valence-corrected chi connectivity index (χ2v) is 25.7. The van der Waals surface area contributed by atoms with Gasteiger partial charge in [0.05, 0.1) is 48.8 Å². The van der Waals surface area contributed by atoms with Crippen molar-refractivity contribution in [3.63, 3.8) is 0 Å². The van der Waals surface area contributed by atoms with Crippen molar-refractivity contribution in [2.75, 3.05) is 70.7 Å². The largest absolute Gasteiger partial charge is 0.493 e. The number of aryl methyl sites for hydroxylation is 1. The first-order chi connectivity index (χ1) is 41.2. The van der Waals surface area contributed by atoms with Crippen LogP contribution >= 0.6 is 23.2 Å². The number of Topliss-reactive ketones (excluding diaryl/α,β-unsaturated/α-hetero) is 1. The average molecular weight is 1210 g/mol. The van der Waals surface area contributed by atoms with E-state index in [-0.39, 0.29) is 35.7 Å². The molecule has 0 unspecified atom stereocenters. The van der Waals surface area contributed by atoms with E-state index < -0.39 is 16.9 Å². The van der Waals surface area contributed by atoms with E-state index in [0.717, 1.165) is 98.8 Å². The molecule has 4 aromatic carbocycles. The van der Waals surface area contributed by atoms with Crippen LogP contribution in [0.2, 0.25) is 10.0 Å². The molecular weight excluding hydrogens is 1130 g/mol. The lowest BCUT2D eigenvalue weighted by Crippen LogP contribution is -2.60. The van der Waals surface area contributed by atoms with Gasteiger partial charge in [-0.1, -0.05) is 100.0 Å². The summed E-state index contributed by atoms with van der Waals surface area (Å²) in [5, 5.41) is 6.21. The number of amidine groups is 1. The van der Waals surface area contributed by atoms with Crippen LogP contribution in [0.1, 0.15) is 162 Å². The number of urea groups is 1. The van der Waals surface area contributed by atoms with Crippen LogP contribution in [-0.2, 0) is 34.4 Å². The van der Waals surface area contributed by atoms with Gasteiger partial charge in [0.1, 0.15) is 40.1 Å². The van der Waals surface area contributed by atoms with E-state index in [0.29, 0.717) is 113 Å². The molecule has 10 rings (SSSR count). The number of aromatic nitrogens is 3. The Morgan fingerprint density at radius 3 is 2.15 bits per heavy atom. The molecule has 6 heterocycles. The highest BCUT2D eigenvalue weighted by Crippen LogP contribution is 2.54. The van der Waals surface area contributed by atoms with Crippen LogP contribution < -0.4 is 20.1 Å². The number of nitrogens with two attached hydrogens (primary N) is 1. The summed E-state index contributed by atoms with van der Waals surface area (Å²) >= 11 is 13.0. The third kappa shape index (κ3) is 12.6. The van der Waals surface area contributed by atoms with Crippen molar-refractivity contribution < 1.29 is 28.2 Å². The molecule has 2 aromatic heterocycles. The van der Waals surface area contributed by atoms with E-state index in [2.05, 4.69) is 67.6 Å². The summed E-state index contributed by atoms with van der Waals surface area (Å²) in [6.45, 7) is 18.1. The number of unbranched alkanes of at least 4 members (excludes halogenated alkanes) is 5. The van der Waals surface area contributed by atoms with E-state index in [1.165, 1.54) is 12.1 Å². The van der Waals surface area contributed by atoms with E-state index in [4.69, 9.17) is 48.5 Å². The molecular formula is C68H83Cl2FN10O5. The lowest BCUT2D eigenvalue weighted by molar-refractivity contribution is -0.119. The summed E-state index contributed by atoms with van der Waals surface area (Å²) < 4.78 is 29.0. The number of nitrogens with zero attached hydrogens (tertiary/aromatic N) is 9. The van der Waals surface area contributed by atoms with E-state index in [9.17, 15) is 14.0 Å². The molecule has 0 spiro atoms. The third-order valence-corrected chi connectivity index (χ3v) is 18.7. The number of rotatable bonds is 19. The van der Waals surface area contributed by atoms with Gasteiger partial charge in [0.25, 0.3) is 5.91 Å². The molecule has 2 N–H and O–H groups in total. The highest BCUT2D eigenvalue weighted by Gasteiger charge is 2.60. The minimum atomic E-state index is -1.00. The first kappa shape index (κ1) is 62.1. The monoisotopic (exact) mass is 1210 g/mol. The Bertz CT molecular complexity index is 3470. The van der Waals surface area contributed by atoms with Gasteiger partial charge in [-0.05, 0) is 148 Å². The summed E-state index contributed by atoms with van der Waals surface area (Å²) in [6, 6.07) is 27.9. The van der Waals surface area contributed by atoms with Gasteiger partial charge in [0.15, 0.2) is 0 Å². The van der Waals surface area contributed by atoms with Crippen molar-refractivity contribution in [1.82, 2.24) is 34.4 Å². The van der Waals surface area contributed by atoms with Crippen molar-refractivity contribution in [1.29, 1.82) is 0 Å². The average Bonchev–Trinajstić information content (AvgIpc) is 1.60. The Morgan fingerprint density at radius 1 is 0.802 bits per heavy atom. The molecule has 6 aromatic rings. The minimum absolute atomic E-state index is 0.111. The Labute approximate surface area is 516 Å². The van der Waals surface area contributed by atoms with E-state index in [1.807, 2.05) is 71.3 Å². The Kier molecular flexibility index (Phi) is 18.9. The van der Waals surface area contributed by atoms with Crippen molar-refractivity contribution in [3.05, 3.63) is 152 Å². The molecule has 0 aliphatic carbocycles. The first-order valence-electron chi connectivity index (χ1n) is 30.7. The fraction of sp³-hybridized carbons (Fsp3) is 0.471. The summed E-state index contributed by atoms with van der Waals surface area (Å²) in [5.41, 5.74) is 12.0. The SMILES string of the molecule is CCOc1cc(C(C)(C)C)ccc1C1=N[C@@](C)(c2ccc(Cl)cc2)[C@@](C)(c2ccc(Cl)cc2)N1C(=O)N1CCN(CCCCCCCCC(=O)CCCn2nc3c(c2OC)-c2cnc(N)c(c2)N2CCC[C@@H]2c2cc(F)ccc2C(=O)N(C)C3)CC1. The van der Waals surface area contributed by atoms with Crippen LogP contribution in [0.5, 0.6) is 11.6 Å². The molecule has 18 heteroatoms. The summed E-state index contributed by atoms with van der Waals surface area (Å²) in [6.07, 6.45) is 11.0. The number of halogens is 3. The number of methoxy groups -OCH3 is 1. The highest BCUT2D eigenvalue weighted by molar-refractivity contribution is 6.30. The second kappa shape index (κ2) is 26.1. The number of amides is 3. The van der Waals surface area contributed by atoms with Gasteiger partial charge in [-0.2, -0.15) is 5.10 Å². The molecule has 3 atom stereocenters. The maximum Gasteiger partial charge on any atom is 0.326 e. The molecule has 0 saturated carbocycles. The number of hydrogen-bond acceptors (Lipinski definition) is 11. The predicted octanol–water partition coefficient (Wildman–Crippen LogP) is 14.0. The van der Waals surface area contributed by atoms with Crippen LogP contribution in [0.15, 0.2) is 102 Å². The summed E-state index contributed by atoms with van der Waals surface area (Å²) in [7, 11) is 3.33. The Morgan fingerprint density at radius 2 is 1.47 bits per heavy atom. The Hall–Kier alpha value is -7.01. The number of fused-ring (bicyclic) bond motifs is 8. The fourth-order valence-corrected chi connectivity index (χ4v) is 13.5. The van der Waals surface area contributed by atoms with Crippen molar-refractivity contribution >= 4 is 58.3 Å². The number of nitrogen functional groups attached to an aromatic ring is 1. The molecule has 4 aliphatic rings. The lowest BCUT2D eigenvalue weighted by Gasteiger charge is -2.47. The first-order valence-corrected chi connectivity index (χ1v) is 31.4. The van der Waals surface area contributed by atoms with E-state index in [1.54, 1.807) is 36.0 Å². The smallest absolute Gasteiger partial charge is 0.326 e. The number of piperazine rings is 1. The fourth-order valence-electron chi connectivity index (χ4n) is 13.2. The van der Waals surface area contributed by atoms with Gasteiger partial charge in [0.2, 0.25) is 5.88 Å². The van der Waals surface area contributed by atoms with Crippen LogP contribution in [0.25, 0.3) is 11.1 Å². The molecule has 2 saturated heterocycles. The molecule has 86 heavy (non-hydrogen) atoms. The number of carbonyl (C=O) groups is 3. The normalized spacial score (nSPS) is 19.8. The Balaban J connectivity index is 0.720. The number of aliphatic imine (C=N–C) groups is 1. The van der Waals surface area contributed by atoms with Gasteiger partial charge in [-0.25, -0.2) is 18.9 Å². The van der Waals surface area contributed by atoms with Crippen LogP contribution in [-0.4, -0.2) is 118 Å². The van der Waals surface area contributed by atoms with Gasteiger partial charge < -0.3 is 29.9 Å². The highest BCUT2D eigenvalue weighted by atomic mass is 35.5. The summed E-state index contributed by atoms with van der Waals surface area (Å²) in [4.78, 5) is 63.3. The zero-order chi connectivity index (χ0) is 61.1. The molecule has 3 amide bonds. The number of pyridine rings is 1. The molecule has 456 valence electrons. The van der Waals surface area contributed by atoms with Crippen molar-refractivity contribution in [3.8, 4) is 22.8 Å². The zero-order valence-electron chi connectivity index (χ0n) is 51.2. The molecule has 2 bridgehead atoms. The second-order valence-electron chi connectivity index (χ2n) is 24.9. The third-order valence-electron chi connectivity index (χ3n) is 18.2. The molecule has 0 radical (unpaired) electrons. The molecule has 2 fully saturated rings. The lowest BCUT2D eigenvalue weighted by atomic mass is 9.71. The number of ether oxygens (including phenoxy) is 2. The standard InChI is InChI=1S/C68H83Cl2FN10O5/c1-9-86-59-41-48(66(2,3)4)25-31-54(59)62-74-67(5,46-21-26-49(69)27-22-46)68(6,47-23-28-50(70)29-24-47)81(62)65(84)78-38-36-77(37-39-78)33-15-13-11-10-12-14-18-52(82)19-16-35-80-64(85-8)60-45-40-58(61(72)73-43-45)79-34-17-20-57(79)55-42-51(71)30-32-53(55)63(83)76(7)44-56(60)75-80/h21-32,40-43,57H,9-20,33-39,44H2,1-8H3,(H2,72,73)/t57-,67+,68-/m1/s1. The van der Waals surface area contributed by atoms with E-state index >= 15 is 4.79 Å². The van der Waals surface area contributed by atoms with Crippen LogP contribution in [0.4, 0.5) is 20.7 Å².